The monoisotopic (exact) mass is 487 g/mol. The van der Waals surface area contributed by atoms with Gasteiger partial charge in [0.05, 0.1) is 30.5 Å². The number of hydrogen-bond acceptors (Lipinski definition) is 7. The molecule has 0 fully saturated rings. The quantitative estimate of drug-likeness (QED) is 0.604. The molecular weight excluding hydrogens is 466 g/mol. The number of hydrogen-bond donors (Lipinski definition) is 0. The van der Waals surface area contributed by atoms with Crippen LogP contribution >= 0.6 is 15.9 Å². The number of rotatable bonds is 3. The fourth-order valence-electron chi connectivity index (χ4n) is 4.06. The van der Waals surface area contributed by atoms with Crippen LogP contribution in [0.3, 0.4) is 0 Å². The van der Waals surface area contributed by atoms with Gasteiger partial charge in [-0.15, -0.1) is 0 Å². The van der Waals surface area contributed by atoms with E-state index >= 15 is 0 Å². The van der Waals surface area contributed by atoms with Crippen molar-refractivity contribution in [1.29, 1.82) is 0 Å². The largest absolute Gasteiger partial charge is 0.492 e. The summed E-state index contributed by atoms with van der Waals surface area (Å²) in [5, 5.41) is 0. The van der Waals surface area contributed by atoms with E-state index < -0.39 is 0 Å². The summed E-state index contributed by atoms with van der Waals surface area (Å²) in [6.07, 6.45) is 3.40. The van der Waals surface area contributed by atoms with Crippen LogP contribution < -0.4 is 23.7 Å². The summed E-state index contributed by atoms with van der Waals surface area (Å²) in [6.45, 7) is 1.98. The van der Waals surface area contributed by atoms with Crippen LogP contribution in [-0.2, 0) is 6.42 Å². The summed E-state index contributed by atoms with van der Waals surface area (Å²) in [6, 6.07) is 5.34. The molecule has 0 amide bonds. The molecule has 0 saturated carbocycles. The second-order valence-electron chi connectivity index (χ2n) is 7.55. The minimum absolute atomic E-state index is 0.0955. The summed E-state index contributed by atoms with van der Waals surface area (Å²) in [7, 11) is 3.51. The Morgan fingerprint density at radius 2 is 1.87 bits per heavy atom. The fourth-order valence-corrected chi connectivity index (χ4v) is 4.77. The number of ether oxygens (including phenoxy) is 5. The highest BCUT2D eigenvalue weighted by atomic mass is 79.9. The molecule has 0 radical (unpaired) electrons. The van der Waals surface area contributed by atoms with Crippen LogP contribution in [0.4, 0.5) is 0 Å². The molecule has 8 heteroatoms. The molecule has 0 aromatic heterocycles. The predicted octanol–water partition coefficient (Wildman–Crippen LogP) is 4.06. The Labute approximate surface area is 188 Å². The maximum atomic E-state index is 13.5. The SMILES string of the molecule is COc1c2c(c(Br)c3c1OCO3)CCN(C)C(C(=O)c1ccc3c(c1)OCCCO3)=C2. The molecule has 7 nitrogen and oxygen atoms in total. The zero-order chi connectivity index (χ0) is 21.5. The van der Waals surface area contributed by atoms with E-state index in [0.29, 0.717) is 66.2 Å². The van der Waals surface area contributed by atoms with Crippen molar-refractivity contribution >= 4 is 27.8 Å². The van der Waals surface area contributed by atoms with Crippen molar-refractivity contribution in [1.82, 2.24) is 4.90 Å². The molecule has 3 aliphatic heterocycles. The molecule has 5 rings (SSSR count). The molecule has 0 aliphatic carbocycles. The molecule has 31 heavy (non-hydrogen) atoms. The highest BCUT2D eigenvalue weighted by Gasteiger charge is 2.32. The Kier molecular flexibility index (Phi) is 5.17. The van der Waals surface area contributed by atoms with Gasteiger partial charge in [-0.2, -0.15) is 0 Å². The highest BCUT2D eigenvalue weighted by molar-refractivity contribution is 9.10. The van der Waals surface area contributed by atoms with Gasteiger partial charge < -0.3 is 28.6 Å². The highest BCUT2D eigenvalue weighted by Crippen LogP contribution is 2.51. The van der Waals surface area contributed by atoms with Crippen molar-refractivity contribution in [3.05, 3.63) is 45.1 Å². The van der Waals surface area contributed by atoms with Gasteiger partial charge in [-0.25, -0.2) is 0 Å². The minimum Gasteiger partial charge on any atom is -0.492 e. The molecule has 0 bridgehead atoms. The van der Waals surface area contributed by atoms with Crippen molar-refractivity contribution < 1.29 is 28.5 Å². The van der Waals surface area contributed by atoms with Gasteiger partial charge in [0, 0.05) is 31.1 Å². The Hall–Kier alpha value is -2.87. The number of fused-ring (bicyclic) bond motifs is 3. The molecule has 2 aromatic carbocycles. The van der Waals surface area contributed by atoms with Gasteiger partial charge in [0.25, 0.3) is 0 Å². The predicted molar refractivity (Wildman–Crippen MR) is 118 cm³/mol. The van der Waals surface area contributed by atoms with Crippen LogP contribution in [0.5, 0.6) is 28.7 Å². The Morgan fingerprint density at radius 3 is 2.68 bits per heavy atom. The third-order valence-electron chi connectivity index (χ3n) is 5.69. The molecular formula is C23H22BrNO6. The second-order valence-corrected chi connectivity index (χ2v) is 8.34. The number of likely N-dealkylation sites (N-methyl/N-ethyl adjacent to an activating group) is 1. The van der Waals surface area contributed by atoms with E-state index in [-0.39, 0.29) is 12.6 Å². The molecule has 0 unspecified atom stereocenters. The van der Waals surface area contributed by atoms with E-state index in [9.17, 15) is 4.79 Å². The van der Waals surface area contributed by atoms with E-state index in [1.807, 2.05) is 18.0 Å². The number of Topliss-reactive ketones (excluding diaryl/α,β-unsaturated/α-hetero) is 1. The molecule has 3 heterocycles. The lowest BCUT2D eigenvalue weighted by molar-refractivity contribution is 0.100. The molecule has 0 spiro atoms. The zero-order valence-corrected chi connectivity index (χ0v) is 18.9. The topological polar surface area (TPSA) is 66.5 Å². The van der Waals surface area contributed by atoms with Gasteiger partial charge in [0.15, 0.2) is 23.0 Å². The first kappa shape index (κ1) is 20.1. The number of ketones is 1. The maximum Gasteiger partial charge on any atom is 0.231 e. The van der Waals surface area contributed by atoms with Gasteiger partial charge >= 0.3 is 0 Å². The normalized spacial score (nSPS) is 16.7. The Bertz CT molecular complexity index is 1100. The lowest BCUT2D eigenvalue weighted by atomic mass is 10.0. The van der Waals surface area contributed by atoms with Crippen LogP contribution in [0.2, 0.25) is 0 Å². The van der Waals surface area contributed by atoms with E-state index in [1.165, 1.54) is 0 Å². The van der Waals surface area contributed by atoms with Crippen LogP contribution in [-0.4, -0.2) is 51.4 Å². The third-order valence-corrected chi connectivity index (χ3v) is 6.53. The number of allylic oxidation sites excluding steroid dienone is 1. The third kappa shape index (κ3) is 3.39. The second kappa shape index (κ2) is 8.00. The summed E-state index contributed by atoms with van der Waals surface area (Å²) >= 11 is 3.66. The van der Waals surface area contributed by atoms with Crippen LogP contribution in [0.25, 0.3) is 6.08 Å². The number of halogens is 1. The van der Waals surface area contributed by atoms with Crippen molar-refractivity contribution in [2.45, 2.75) is 12.8 Å². The Morgan fingerprint density at radius 1 is 1.10 bits per heavy atom. The molecule has 2 aromatic rings. The molecule has 0 N–H and O–H groups in total. The lowest BCUT2D eigenvalue weighted by Gasteiger charge is -2.20. The van der Waals surface area contributed by atoms with Crippen LogP contribution in [0.1, 0.15) is 27.9 Å². The van der Waals surface area contributed by atoms with E-state index in [2.05, 4.69) is 15.9 Å². The molecule has 162 valence electrons. The zero-order valence-electron chi connectivity index (χ0n) is 17.3. The number of benzene rings is 2. The average molecular weight is 488 g/mol. The number of carbonyl (C=O) groups excluding carboxylic acids is 1. The van der Waals surface area contributed by atoms with Crippen molar-refractivity contribution in [3.63, 3.8) is 0 Å². The lowest BCUT2D eigenvalue weighted by Crippen LogP contribution is -2.24. The summed E-state index contributed by atoms with van der Waals surface area (Å²) in [5.41, 5.74) is 2.96. The first-order valence-electron chi connectivity index (χ1n) is 10.1. The van der Waals surface area contributed by atoms with Crippen molar-refractivity contribution in [2.24, 2.45) is 0 Å². The number of nitrogens with zero attached hydrogens (tertiary/aromatic N) is 1. The van der Waals surface area contributed by atoms with E-state index in [1.54, 1.807) is 25.3 Å². The van der Waals surface area contributed by atoms with Gasteiger partial charge in [-0.1, -0.05) is 0 Å². The van der Waals surface area contributed by atoms with E-state index in [0.717, 1.165) is 22.0 Å². The fraction of sp³-hybridized carbons (Fsp3) is 0.348. The minimum atomic E-state index is -0.0955. The van der Waals surface area contributed by atoms with Gasteiger partial charge in [-0.05, 0) is 52.2 Å². The molecule has 0 saturated heterocycles. The smallest absolute Gasteiger partial charge is 0.231 e. The van der Waals surface area contributed by atoms with Gasteiger partial charge in [-0.3, -0.25) is 4.79 Å². The first-order chi connectivity index (χ1) is 15.1. The Balaban J connectivity index is 1.60. The van der Waals surface area contributed by atoms with Crippen LogP contribution in [0, 0.1) is 0 Å². The number of carbonyl (C=O) groups is 1. The maximum absolute atomic E-state index is 13.5. The average Bonchev–Trinajstić information content (AvgIpc) is 3.05. The van der Waals surface area contributed by atoms with Crippen LogP contribution in [0.15, 0.2) is 28.4 Å². The summed E-state index contributed by atoms with van der Waals surface area (Å²) < 4.78 is 29.3. The number of methoxy groups -OCH3 is 1. The van der Waals surface area contributed by atoms with Crippen molar-refractivity contribution in [2.75, 3.05) is 40.7 Å². The first-order valence-corrected chi connectivity index (χ1v) is 10.9. The van der Waals surface area contributed by atoms with Gasteiger partial charge in [0.2, 0.25) is 18.3 Å². The molecule has 0 atom stereocenters. The summed E-state index contributed by atoms with van der Waals surface area (Å²) in [5.74, 6) is 2.94. The standard InChI is InChI=1S/C23H22BrNO6/c1-25-7-6-14-15(21(27-2)23-22(19(14)24)30-12-31-23)11-16(25)20(26)13-4-5-17-18(10-13)29-9-3-8-28-17/h4-5,10-11H,3,6-9,12H2,1-2H3. The molecule has 3 aliphatic rings. The van der Waals surface area contributed by atoms with E-state index in [4.69, 9.17) is 23.7 Å². The summed E-state index contributed by atoms with van der Waals surface area (Å²) in [4.78, 5) is 15.5. The van der Waals surface area contributed by atoms with Crippen molar-refractivity contribution in [3.8, 4) is 28.7 Å². The van der Waals surface area contributed by atoms with Gasteiger partial charge in [0.1, 0.15) is 0 Å².